The second-order valence-electron chi connectivity index (χ2n) is 9.15. The summed E-state index contributed by atoms with van der Waals surface area (Å²) < 4.78 is 1.12. The van der Waals surface area contributed by atoms with Crippen molar-refractivity contribution >= 4 is 34.9 Å². The van der Waals surface area contributed by atoms with E-state index < -0.39 is 40.4 Å². The van der Waals surface area contributed by atoms with E-state index in [0.29, 0.717) is 4.90 Å². The maximum absolute atomic E-state index is 13.5. The third-order valence-electron chi connectivity index (χ3n) is 5.97. The van der Waals surface area contributed by atoms with E-state index in [2.05, 4.69) is 4.98 Å². The van der Waals surface area contributed by atoms with Crippen LogP contribution in [0.15, 0.2) is 58.1 Å². The van der Waals surface area contributed by atoms with Gasteiger partial charge in [0.1, 0.15) is 12.4 Å². The van der Waals surface area contributed by atoms with Crippen LogP contribution in [0.1, 0.15) is 40.1 Å². The summed E-state index contributed by atoms with van der Waals surface area (Å²) in [5, 5.41) is 11.1. The number of hydrogen-bond donors (Lipinski definition) is 2. The maximum Gasteiger partial charge on any atom is 0.330 e. The number of hydrogen-bond acceptors (Lipinski definition) is 8. The summed E-state index contributed by atoms with van der Waals surface area (Å²) in [5.41, 5.74) is 4.39. The second kappa shape index (κ2) is 10.1. The van der Waals surface area contributed by atoms with Crippen molar-refractivity contribution in [3.8, 4) is 0 Å². The van der Waals surface area contributed by atoms with Gasteiger partial charge in [-0.15, -0.1) is 0 Å². The molecule has 3 N–H and O–H groups in total. The van der Waals surface area contributed by atoms with Crippen LogP contribution in [0.3, 0.4) is 0 Å². The lowest BCUT2D eigenvalue weighted by atomic mass is 10.1. The topological polar surface area (TPSA) is 182 Å². The van der Waals surface area contributed by atoms with Crippen LogP contribution < -0.4 is 21.9 Å². The SMILES string of the molecule is CC(C)CN(C(=O)CN1C(=O)c2ccc([N+](=O)[O-])cc2C1=O)c1c(N)n(Cc2ccccc2)c(=O)[nH]c1=O. The molecule has 0 fully saturated rings. The van der Waals surface area contributed by atoms with Crippen LogP contribution >= 0.6 is 0 Å². The molecule has 0 spiro atoms. The van der Waals surface area contributed by atoms with Gasteiger partial charge in [-0.2, -0.15) is 0 Å². The Morgan fingerprint density at radius 3 is 2.34 bits per heavy atom. The van der Waals surface area contributed by atoms with Gasteiger partial charge in [0.25, 0.3) is 23.1 Å². The molecule has 3 amide bonds. The Morgan fingerprint density at radius 2 is 1.71 bits per heavy atom. The van der Waals surface area contributed by atoms with Crippen molar-refractivity contribution in [2.24, 2.45) is 5.92 Å². The van der Waals surface area contributed by atoms with Crippen molar-refractivity contribution in [3.63, 3.8) is 0 Å². The Labute approximate surface area is 215 Å². The quantitative estimate of drug-likeness (QED) is 0.253. The fourth-order valence-corrected chi connectivity index (χ4v) is 4.20. The number of fused-ring (bicyclic) bond motifs is 1. The van der Waals surface area contributed by atoms with Crippen molar-refractivity contribution in [2.45, 2.75) is 20.4 Å². The van der Waals surface area contributed by atoms with Crippen LogP contribution in [-0.2, 0) is 11.3 Å². The maximum atomic E-state index is 13.5. The number of nitrogens with one attached hydrogen (secondary N) is 1. The van der Waals surface area contributed by atoms with Crippen LogP contribution in [0.25, 0.3) is 0 Å². The lowest BCUT2D eigenvalue weighted by molar-refractivity contribution is -0.384. The number of nitro groups is 1. The van der Waals surface area contributed by atoms with Gasteiger partial charge < -0.3 is 10.6 Å². The summed E-state index contributed by atoms with van der Waals surface area (Å²) in [6.07, 6.45) is 0. The van der Waals surface area contributed by atoms with Crippen LogP contribution in [0, 0.1) is 16.0 Å². The summed E-state index contributed by atoms with van der Waals surface area (Å²) in [4.78, 5) is 79.0. The molecule has 1 aromatic heterocycles. The third-order valence-corrected chi connectivity index (χ3v) is 5.97. The number of nitrogens with two attached hydrogens (primary N) is 1. The van der Waals surface area contributed by atoms with E-state index in [9.17, 15) is 34.1 Å². The summed E-state index contributed by atoms with van der Waals surface area (Å²) >= 11 is 0. The fraction of sp³-hybridized carbons (Fsp3) is 0.240. The number of carbonyl (C=O) groups excluding carboxylic acids is 3. The first-order chi connectivity index (χ1) is 18.0. The van der Waals surface area contributed by atoms with Gasteiger partial charge in [-0.05, 0) is 17.5 Å². The first-order valence-corrected chi connectivity index (χ1v) is 11.6. The smallest absolute Gasteiger partial charge is 0.330 e. The molecule has 0 radical (unpaired) electrons. The fourth-order valence-electron chi connectivity index (χ4n) is 4.20. The van der Waals surface area contributed by atoms with E-state index >= 15 is 0 Å². The average molecular weight is 521 g/mol. The van der Waals surface area contributed by atoms with E-state index in [-0.39, 0.29) is 47.3 Å². The molecule has 0 atom stereocenters. The lowest BCUT2D eigenvalue weighted by Crippen LogP contribution is -2.47. The molecule has 196 valence electrons. The number of aromatic amines is 1. The standard InChI is InChI=1S/C25H24N6O7/c1-14(2)11-28(20-21(26)29(25(36)27-22(20)33)12-15-6-4-3-5-7-15)19(32)13-30-23(34)17-9-8-16(31(37)38)10-18(17)24(30)35/h3-10,14H,11-13,26H2,1-2H3,(H,27,33,36). The van der Waals surface area contributed by atoms with Gasteiger partial charge >= 0.3 is 5.69 Å². The molecule has 13 nitrogen and oxygen atoms in total. The van der Waals surface area contributed by atoms with E-state index in [1.807, 2.05) is 0 Å². The molecule has 1 aliphatic rings. The zero-order valence-electron chi connectivity index (χ0n) is 20.5. The predicted octanol–water partition coefficient (Wildman–Crippen LogP) is 1.36. The molecular weight excluding hydrogens is 496 g/mol. The number of carbonyl (C=O) groups is 3. The molecule has 0 bridgehead atoms. The highest BCUT2D eigenvalue weighted by molar-refractivity contribution is 6.23. The number of nitro benzene ring substituents is 1. The first-order valence-electron chi connectivity index (χ1n) is 11.6. The van der Waals surface area contributed by atoms with E-state index in [0.717, 1.165) is 33.2 Å². The van der Waals surface area contributed by atoms with E-state index in [1.54, 1.807) is 44.2 Å². The van der Waals surface area contributed by atoms with E-state index in [4.69, 9.17) is 5.73 Å². The molecule has 0 saturated heterocycles. The number of non-ortho nitro benzene ring substituents is 1. The highest BCUT2D eigenvalue weighted by Gasteiger charge is 2.39. The van der Waals surface area contributed by atoms with E-state index in [1.165, 1.54) is 0 Å². The Kier molecular flexibility index (Phi) is 6.93. The summed E-state index contributed by atoms with van der Waals surface area (Å²) in [6, 6.07) is 12.1. The number of nitrogen functional groups attached to an aromatic ring is 1. The second-order valence-corrected chi connectivity index (χ2v) is 9.15. The minimum Gasteiger partial charge on any atom is -0.383 e. The van der Waals surface area contributed by atoms with Gasteiger partial charge in [-0.3, -0.25) is 43.7 Å². The van der Waals surface area contributed by atoms with Gasteiger partial charge in [0.05, 0.1) is 22.6 Å². The average Bonchev–Trinajstić information content (AvgIpc) is 3.10. The number of nitrogens with zero attached hydrogens (tertiary/aromatic N) is 4. The molecule has 2 aromatic carbocycles. The van der Waals surface area contributed by atoms with Crippen molar-refractivity contribution in [2.75, 3.05) is 23.7 Å². The molecule has 0 aliphatic carbocycles. The first kappa shape index (κ1) is 26.0. The predicted molar refractivity (Wildman–Crippen MR) is 137 cm³/mol. The molecule has 0 unspecified atom stereocenters. The van der Waals surface area contributed by atoms with Crippen molar-refractivity contribution in [1.29, 1.82) is 0 Å². The minimum absolute atomic E-state index is 0.00963. The largest absolute Gasteiger partial charge is 0.383 e. The number of anilines is 2. The zero-order valence-corrected chi connectivity index (χ0v) is 20.5. The van der Waals surface area contributed by atoms with Gasteiger partial charge in [0.2, 0.25) is 5.91 Å². The monoisotopic (exact) mass is 520 g/mol. The molecule has 0 saturated carbocycles. The molecule has 2 heterocycles. The van der Waals surface area contributed by atoms with Crippen LogP contribution in [0.2, 0.25) is 0 Å². The number of amides is 3. The lowest BCUT2D eigenvalue weighted by Gasteiger charge is -2.27. The normalized spacial score (nSPS) is 12.7. The number of benzene rings is 2. The molecular formula is C25H24N6O7. The van der Waals surface area contributed by atoms with Gasteiger partial charge in [-0.1, -0.05) is 44.2 Å². The van der Waals surface area contributed by atoms with Gasteiger partial charge in [0, 0.05) is 18.7 Å². The number of rotatable bonds is 8. The molecule has 4 rings (SSSR count). The molecule has 13 heteroatoms. The van der Waals surface area contributed by atoms with Gasteiger partial charge in [-0.25, -0.2) is 4.79 Å². The summed E-state index contributed by atoms with van der Waals surface area (Å²) in [7, 11) is 0. The van der Waals surface area contributed by atoms with Crippen molar-refractivity contribution in [1.82, 2.24) is 14.5 Å². The summed E-state index contributed by atoms with van der Waals surface area (Å²) in [5.74, 6) is -2.90. The molecule has 3 aromatic rings. The summed E-state index contributed by atoms with van der Waals surface area (Å²) in [6.45, 7) is 2.83. The highest BCUT2D eigenvalue weighted by atomic mass is 16.6. The van der Waals surface area contributed by atoms with Crippen LogP contribution in [0.4, 0.5) is 17.2 Å². The Hall–Kier alpha value is -5.07. The Balaban J connectivity index is 1.70. The zero-order chi connectivity index (χ0) is 27.7. The third kappa shape index (κ3) is 4.81. The van der Waals surface area contributed by atoms with Crippen LogP contribution in [-0.4, -0.2) is 50.2 Å². The van der Waals surface area contributed by atoms with Crippen molar-refractivity contribution < 1.29 is 19.3 Å². The molecule has 1 aliphatic heterocycles. The van der Waals surface area contributed by atoms with Crippen molar-refractivity contribution in [3.05, 3.63) is 96.2 Å². The highest BCUT2D eigenvalue weighted by Crippen LogP contribution is 2.27. The number of aromatic nitrogens is 2. The Morgan fingerprint density at radius 1 is 1.05 bits per heavy atom. The molecule has 38 heavy (non-hydrogen) atoms. The minimum atomic E-state index is -0.899. The number of imide groups is 1. The Bertz CT molecular complexity index is 1580. The van der Waals surface area contributed by atoms with Gasteiger partial charge in [0.15, 0.2) is 5.69 Å². The number of H-pyrrole nitrogens is 1. The van der Waals surface area contributed by atoms with Crippen LogP contribution in [0.5, 0.6) is 0 Å².